The van der Waals surface area contributed by atoms with Gasteiger partial charge in [-0.3, -0.25) is 4.79 Å². The monoisotopic (exact) mass is 486 g/mol. The van der Waals surface area contributed by atoms with Gasteiger partial charge < -0.3 is 25.2 Å². The number of fused-ring (bicyclic) bond motifs is 3. The van der Waals surface area contributed by atoms with E-state index >= 15 is 0 Å². The Kier molecular flexibility index (Phi) is 8.57. The number of aliphatic carboxylic acids is 1. The van der Waals surface area contributed by atoms with Gasteiger partial charge in [0.25, 0.3) is 0 Å². The number of nitrogens with one attached hydrogen (secondary N) is 2. The van der Waals surface area contributed by atoms with Gasteiger partial charge >= 0.3 is 12.1 Å². The van der Waals surface area contributed by atoms with Crippen LogP contribution in [0.2, 0.25) is 0 Å². The number of amides is 2. The highest BCUT2D eigenvalue weighted by Crippen LogP contribution is 2.44. The maximum absolute atomic E-state index is 12.9. The van der Waals surface area contributed by atoms with E-state index in [1.807, 2.05) is 54.8 Å². The van der Waals surface area contributed by atoms with E-state index in [-0.39, 0.29) is 25.6 Å². The minimum absolute atomic E-state index is 0.0933. The second kappa shape index (κ2) is 11.4. The van der Waals surface area contributed by atoms with Gasteiger partial charge in [-0.05, 0) is 47.6 Å². The van der Waals surface area contributed by atoms with Crippen LogP contribution in [0.1, 0.15) is 30.4 Å². The Morgan fingerprint density at radius 2 is 1.68 bits per heavy atom. The quantitative estimate of drug-likeness (QED) is 0.447. The molecule has 0 aliphatic heterocycles. The summed E-state index contributed by atoms with van der Waals surface area (Å²) in [5.74, 6) is -1.35. The summed E-state index contributed by atoms with van der Waals surface area (Å²) in [6.07, 6.45) is 1.33. The normalized spacial score (nSPS) is 14.9. The molecular formula is C25H30N2O6S. The van der Waals surface area contributed by atoms with Crippen LogP contribution in [0.5, 0.6) is 0 Å². The average Bonchev–Trinajstić information content (AvgIpc) is 3.14. The van der Waals surface area contributed by atoms with Gasteiger partial charge in [-0.25, -0.2) is 9.59 Å². The summed E-state index contributed by atoms with van der Waals surface area (Å²) in [7, 11) is 1.40. The third kappa shape index (κ3) is 5.71. The highest BCUT2D eigenvalue weighted by Gasteiger charge is 2.38. The molecule has 0 fully saturated rings. The second-order valence-electron chi connectivity index (χ2n) is 8.36. The molecule has 3 N–H and O–H groups in total. The summed E-state index contributed by atoms with van der Waals surface area (Å²) >= 11 is 1.48. The molecule has 0 saturated heterocycles. The van der Waals surface area contributed by atoms with Gasteiger partial charge in [-0.2, -0.15) is 11.8 Å². The first kappa shape index (κ1) is 25.6. The molecule has 2 unspecified atom stereocenters. The molecule has 2 aromatic carbocycles. The van der Waals surface area contributed by atoms with Gasteiger partial charge in [-0.15, -0.1) is 0 Å². The van der Waals surface area contributed by atoms with Crippen molar-refractivity contribution in [2.45, 2.75) is 30.8 Å². The van der Waals surface area contributed by atoms with E-state index in [9.17, 15) is 19.5 Å². The predicted molar refractivity (Wildman–Crippen MR) is 131 cm³/mol. The molecule has 0 aromatic heterocycles. The molecule has 182 valence electrons. The number of carbonyl (C=O) groups is 3. The van der Waals surface area contributed by atoms with Crippen LogP contribution in [-0.4, -0.2) is 67.0 Å². The zero-order valence-electron chi connectivity index (χ0n) is 19.5. The summed E-state index contributed by atoms with van der Waals surface area (Å²) < 4.78 is 10.7. The first-order chi connectivity index (χ1) is 16.3. The van der Waals surface area contributed by atoms with E-state index in [1.165, 1.54) is 25.8 Å². The number of thioether (sulfide) groups is 1. The van der Waals surface area contributed by atoms with Gasteiger partial charge in [0.05, 0.1) is 6.61 Å². The smallest absolute Gasteiger partial charge is 0.408 e. The Morgan fingerprint density at radius 3 is 2.21 bits per heavy atom. The molecule has 0 saturated carbocycles. The third-order valence-electron chi connectivity index (χ3n) is 5.87. The number of hydrogen-bond donors (Lipinski definition) is 3. The van der Waals surface area contributed by atoms with Crippen molar-refractivity contribution >= 4 is 29.7 Å². The Morgan fingerprint density at radius 1 is 1.09 bits per heavy atom. The van der Waals surface area contributed by atoms with Crippen LogP contribution in [0.3, 0.4) is 0 Å². The van der Waals surface area contributed by atoms with Crippen LogP contribution < -0.4 is 10.6 Å². The molecule has 8 nitrogen and oxygen atoms in total. The van der Waals surface area contributed by atoms with E-state index in [0.29, 0.717) is 5.75 Å². The Labute approximate surface area is 203 Å². The molecule has 0 radical (unpaired) electrons. The Balaban J connectivity index is 1.68. The number of ether oxygens (including phenoxy) is 2. The number of benzene rings is 2. The number of carboxylic acid groups (broad SMARTS) is 1. The molecule has 0 heterocycles. The van der Waals surface area contributed by atoms with Crippen LogP contribution in [0.4, 0.5) is 4.79 Å². The fourth-order valence-electron chi connectivity index (χ4n) is 4.12. The summed E-state index contributed by atoms with van der Waals surface area (Å²) in [5, 5.41) is 14.5. The summed E-state index contributed by atoms with van der Waals surface area (Å²) in [4.78, 5) is 37.2. The average molecular weight is 487 g/mol. The predicted octanol–water partition coefficient (Wildman–Crippen LogP) is 3.25. The van der Waals surface area contributed by atoms with E-state index in [0.717, 1.165) is 22.3 Å². The lowest BCUT2D eigenvalue weighted by Crippen LogP contribution is -2.62. The molecule has 1 aliphatic rings. The number of rotatable bonds is 11. The van der Waals surface area contributed by atoms with Crippen molar-refractivity contribution in [1.82, 2.24) is 10.6 Å². The Bertz CT molecular complexity index is 1000. The second-order valence-corrected chi connectivity index (χ2v) is 9.35. The number of methoxy groups -OCH3 is 1. The zero-order valence-corrected chi connectivity index (χ0v) is 20.3. The molecule has 1 aliphatic carbocycles. The highest BCUT2D eigenvalue weighted by molar-refractivity contribution is 7.98. The van der Waals surface area contributed by atoms with Crippen molar-refractivity contribution in [3.05, 3.63) is 59.7 Å². The Hall–Kier alpha value is -3.04. The van der Waals surface area contributed by atoms with Crippen LogP contribution in [0.15, 0.2) is 48.5 Å². The van der Waals surface area contributed by atoms with Crippen molar-refractivity contribution in [3.63, 3.8) is 0 Å². The molecule has 3 rings (SSSR count). The van der Waals surface area contributed by atoms with E-state index in [1.54, 1.807) is 0 Å². The lowest BCUT2D eigenvalue weighted by atomic mass is 9.98. The van der Waals surface area contributed by atoms with Crippen LogP contribution in [-0.2, 0) is 19.1 Å². The van der Waals surface area contributed by atoms with Gasteiger partial charge in [0.2, 0.25) is 5.91 Å². The molecule has 0 bridgehead atoms. The van der Waals surface area contributed by atoms with E-state index in [4.69, 9.17) is 9.47 Å². The van der Waals surface area contributed by atoms with Crippen LogP contribution >= 0.6 is 11.8 Å². The first-order valence-electron chi connectivity index (χ1n) is 11.0. The fraction of sp³-hybridized carbons (Fsp3) is 0.400. The van der Waals surface area contributed by atoms with Crippen molar-refractivity contribution < 1.29 is 29.0 Å². The maximum atomic E-state index is 12.9. The van der Waals surface area contributed by atoms with Gasteiger partial charge in [0.1, 0.15) is 18.2 Å². The topological polar surface area (TPSA) is 114 Å². The largest absolute Gasteiger partial charge is 0.480 e. The van der Waals surface area contributed by atoms with E-state index in [2.05, 4.69) is 10.6 Å². The molecule has 2 amide bonds. The molecule has 2 aromatic rings. The highest BCUT2D eigenvalue weighted by atomic mass is 32.2. The number of alkyl carbamates (subject to hydrolysis) is 1. The minimum atomic E-state index is -1.51. The van der Waals surface area contributed by atoms with Crippen molar-refractivity contribution in [2.24, 2.45) is 0 Å². The van der Waals surface area contributed by atoms with Crippen molar-refractivity contribution in [3.8, 4) is 11.1 Å². The standard InChI is InChI=1S/C25H30N2O6S/c1-25(15-32-2,23(30)26-21(22(28)29)12-13-34-3)27-24(31)33-14-20-18-10-6-4-8-16(18)17-9-5-7-11-19(17)20/h4-11,20-21H,12-15H2,1-3H3,(H,26,30)(H,27,31)(H,28,29). The molecule has 9 heteroatoms. The molecular weight excluding hydrogens is 456 g/mol. The van der Waals surface area contributed by atoms with Gasteiger partial charge in [-0.1, -0.05) is 48.5 Å². The van der Waals surface area contributed by atoms with Crippen molar-refractivity contribution in [1.29, 1.82) is 0 Å². The number of carbonyl (C=O) groups excluding carboxylic acids is 2. The number of hydrogen-bond acceptors (Lipinski definition) is 6. The molecule has 2 atom stereocenters. The molecule has 0 spiro atoms. The zero-order chi connectivity index (χ0) is 24.7. The molecule has 34 heavy (non-hydrogen) atoms. The fourth-order valence-corrected chi connectivity index (χ4v) is 4.59. The summed E-state index contributed by atoms with van der Waals surface area (Å²) in [6, 6.07) is 14.9. The van der Waals surface area contributed by atoms with Gasteiger partial charge in [0.15, 0.2) is 0 Å². The third-order valence-corrected chi connectivity index (χ3v) is 6.51. The summed E-state index contributed by atoms with van der Waals surface area (Å²) in [5.41, 5.74) is 2.87. The lowest BCUT2D eigenvalue weighted by molar-refractivity contribution is -0.143. The summed E-state index contributed by atoms with van der Waals surface area (Å²) in [6.45, 7) is 1.41. The number of carboxylic acids is 1. The van der Waals surface area contributed by atoms with Crippen LogP contribution in [0.25, 0.3) is 11.1 Å². The maximum Gasteiger partial charge on any atom is 0.408 e. The van der Waals surface area contributed by atoms with Gasteiger partial charge in [0, 0.05) is 13.0 Å². The van der Waals surface area contributed by atoms with E-state index < -0.39 is 29.6 Å². The lowest BCUT2D eigenvalue weighted by Gasteiger charge is -2.30. The minimum Gasteiger partial charge on any atom is -0.480 e. The van der Waals surface area contributed by atoms with Crippen molar-refractivity contribution in [2.75, 3.05) is 32.3 Å². The SMILES string of the molecule is COCC(C)(NC(=O)OCC1c2ccccc2-c2ccccc21)C(=O)NC(CCSC)C(=O)O. The van der Waals surface area contributed by atoms with Crippen LogP contribution in [0, 0.1) is 0 Å². The first-order valence-corrected chi connectivity index (χ1v) is 12.3.